The molecule has 172 valence electrons. The molecule has 2 aliphatic heterocycles. The zero-order valence-electron chi connectivity index (χ0n) is 18.4. The van der Waals surface area contributed by atoms with Crippen LogP contribution >= 0.6 is 27.3 Å². The summed E-state index contributed by atoms with van der Waals surface area (Å²) in [6.07, 6.45) is 8.09. The highest BCUT2D eigenvalue weighted by Crippen LogP contribution is 2.64. The lowest BCUT2D eigenvalue weighted by atomic mass is 9.50. The number of benzene rings is 1. The normalized spacial score (nSPS) is 33.8. The maximum Gasteiger partial charge on any atom is 0.246 e. The Bertz CT molecular complexity index is 1220. The molecule has 1 fully saturated rings. The number of piperidine rings is 1. The summed E-state index contributed by atoms with van der Waals surface area (Å²) in [4.78, 5) is 18.0. The molecule has 1 aromatic heterocycles. The van der Waals surface area contributed by atoms with E-state index >= 15 is 0 Å². The number of amides is 1. The van der Waals surface area contributed by atoms with Gasteiger partial charge in [-0.2, -0.15) is 0 Å². The summed E-state index contributed by atoms with van der Waals surface area (Å²) in [7, 11) is 3.82. The van der Waals surface area contributed by atoms with Crippen LogP contribution in [0.4, 0.5) is 0 Å². The molecule has 2 unspecified atom stereocenters. The van der Waals surface area contributed by atoms with Crippen LogP contribution in [-0.4, -0.2) is 70.3 Å². The average Bonchev–Trinajstić information content (AvgIpc) is 3.36. The molecule has 5 atom stereocenters. The van der Waals surface area contributed by atoms with Gasteiger partial charge in [0.25, 0.3) is 0 Å². The Balaban J connectivity index is 1.42. The zero-order valence-corrected chi connectivity index (χ0v) is 20.8. The van der Waals surface area contributed by atoms with Gasteiger partial charge in [-0.3, -0.25) is 9.69 Å². The molecule has 1 spiro atoms. The number of ether oxygens (including phenoxy) is 1. The fourth-order valence-corrected chi connectivity index (χ4v) is 7.79. The van der Waals surface area contributed by atoms with Crippen molar-refractivity contribution in [3.63, 3.8) is 0 Å². The molecule has 6 nitrogen and oxygen atoms in total. The molecule has 6 rings (SSSR count). The highest BCUT2D eigenvalue weighted by Gasteiger charge is 2.71. The van der Waals surface area contributed by atoms with E-state index in [0.29, 0.717) is 18.6 Å². The Morgan fingerprint density at radius 1 is 1.42 bits per heavy atom. The molecule has 4 aliphatic rings. The maximum absolute atomic E-state index is 13.1. The number of thiophene rings is 1. The largest absolute Gasteiger partial charge is 0.504 e. The van der Waals surface area contributed by atoms with E-state index in [2.05, 4.69) is 27.9 Å². The summed E-state index contributed by atoms with van der Waals surface area (Å²) in [6.45, 7) is 0.812. The van der Waals surface area contributed by atoms with Gasteiger partial charge >= 0.3 is 0 Å². The fourth-order valence-electron chi connectivity index (χ4n) is 6.45. The smallest absolute Gasteiger partial charge is 0.246 e. The quantitative estimate of drug-likeness (QED) is 0.472. The molecule has 0 radical (unpaired) electrons. The van der Waals surface area contributed by atoms with Crippen molar-refractivity contribution in [1.82, 2.24) is 9.80 Å². The van der Waals surface area contributed by atoms with Gasteiger partial charge < -0.3 is 19.8 Å². The van der Waals surface area contributed by atoms with Gasteiger partial charge in [-0.05, 0) is 66.1 Å². The van der Waals surface area contributed by atoms with Crippen LogP contribution in [0.15, 0.2) is 46.3 Å². The number of nitrogens with zero attached hydrogens (tertiary/aromatic N) is 2. The Hall–Kier alpha value is -2.13. The van der Waals surface area contributed by atoms with E-state index in [9.17, 15) is 15.0 Å². The van der Waals surface area contributed by atoms with Crippen LogP contribution in [0.2, 0.25) is 0 Å². The average molecular weight is 529 g/mol. The predicted octanol–water partition coefficient (Wildman–Crippen LogP) is 3.32. The number of phenols is 1. The minimum atomic E-state index is -1.13. The van der Waals surface area contributed by atoms with Crippen LogP contribution in [0.5, 0.6) is 11.5 Å². The monoisotopic (exact) mass is 528 g/mol. The molecule has 2 bridgehead atoms. The molecule has 3 heterocycles. The molecule has 1 aromatic carbocycles. The molecule has 2 aliphatic carbocycles. The number of hydrogen-bond acceptors (Lipinski definition) is 6. The van der Waals surface area contributed by atoms with E-state index in [1.54, 1.807) is 35.4 Å². The van der Waals surface area contributed by atoms with Crippen LogP contribution in [-0.2, 0) is 16.6 Å². The zero-order chi connectivity index (χ0) is 23.1. The van der Waals surface area contributed by atoms with Crippen molar-refractivity contribution in [1.29, 1.82) is 0 Å². The van der Waals surface area contributed by atoms with Gasteiger partial charge in [0, 0.05) is 39.5 Å². The predicted molar refractivity (Wildman–Crippen MR) is 131 cm³/mol. The van der Waals surface area contributed by atoms with Crippen molar-refractivity contribution in [3.8, 4) is 11.5 Å². The lowest BCUT2D eigenvalue weighted by molar-refractivity contribution is -0.150. The number of likely N-dealkylation sites (N-methyl/N-ethyl adjacent to an activating group) is 2. The summed E-state index contributed by atoms with van der Waals surface area (Å²) >= 11 is 5.00. The number of hydrogen-bond donors (Lipinski definition) is 2. The minimum Gasteiger partial charge on any atom is -0.504 e. The molecule has 2 N–H and O–H groups in total. The third-order valence-electron chi connectivity index (χ3n) is 8.06. The highest BCUT2D eigenvalue weighted by molar-refractivity contribution is 9.10. The van der Waals surface area contributed by atoms with Crippen LogP contribution < -0.4 is 4.74 Å². The first-order valence-corrected chi connectivity index (χ1v) is 12.8. The van der Waals surface area contributed by atoms with Crippen LogP contribution in [0.1, 0.15) is 22.4 Å². The van der Waals surface area contributed by atoms with E-state index in [1.807, 2.05) is 35.7 Å². The topological polar surface area (TPSA) is 73.2 Å². The first-order valence-electron chi connectivity index (χ1n) is 11.1. The van der Waals surface area contributed by atoms with Crippen molar-refractivity contribution >= 4 is 39.2 Å². The first-order chi connectivity index (χ1) is 15.8. The molecule has 2 aromatic rings. The molecule has 8 heteroatoms. The van der Waals surface area contributed by atoms with Gasteiger partial charge in [0.2, 0.25) is 5.91 Å². The maximum atomic E-state index is 13.1. The minimum absolute atomic E-state index is 0.0873. The van der Waals surface area contributed by atoms with Gasteiger partial charge in [-0.1, -0.05) is 18.2 Å². The van der Waals surface area contributed by atoms with E-state index in [-0.39, 0.29) is 23.7 Å². The van der Waals surface area contributed by atoms with Gasteiger partial charge in [-0.25, -0.2) is 0 Å². The lowest BCUT2D eigenvalue weighted by Crippen LogP contribution is -2.76. The third kappa shape index (κ3) is 2.75. The van der Waals surface area contributed by atoms with Crippen molar-refractivity contribution in [3.05, 3.63) is 62.3 Å². The number of phenolic OH excluding ortho intramolecular Hbond substituents is 1. The lowest BCUT2D eigenvalue weighted by Gasteiger charge is -2.62. The molecular weight excluding hydrogens is 504 g/mol. The fraction of sp³-hybridized carbons (Fsp3) is 0.400. The van der Waals surface area contributed by atoms with E-state index in [4.69, 9.17) is 4.74 Å². The number of carbonyl (C=O) groups is 1. The first kappa shape index (κ1) is 21.4. The summed E-state index contributed by atoms with van der Waals surface area (Å²) < 4.78 is 7.45. The van der Waals surface area contributed by atoms with Gasteiger partial charge in [0.1, 0.15) is 11.7 Å². The molecular formula is C25H25BrN2O4S. The van der Waals surface area contributed by atoms with Gasteiger partial charge in [0.05, 0.1) is 11.5 Å². The van der Waals surface area contributed by atoms with Crippen LogP contribution in [0.25, 0.3) is 6.08 Å². The number of carbonyl (C=O) groups excluding carboxylic acids is 1. The van der Waals surface area contributed by atoms with Crippen LogP contribution in [0.3, 0.4) is 0 Å². The van der Waals surface area contributed by atoms with Gasteiger partial charge in [0.15, 0.2) is 11.5 Å². The third-order valence-corrected chi connectivity index (χ3v) is 9.72. The van der Waals surface area contributed by atoms with Crippen molar-refractivity contribution in [2.45, 2.75) is 42.0 Å². The standard InChI is InChI=1S/C25H25BrN2O4S/c1-27-10-9-24-21-14-3-5-18(29)22(21)32-23(24)17(7-8-25(24,31)19(27)11-14)28(2)20(30)6-4-16-12-15(26)13-33-16/h3-8,12-13,17,19,23,29,31H,9-11H2,1-2H3/b6-4+/t17?,19-,23?,24+,25-/m1/s1. The number of aromatic hydroxyl groups is 1. The summed E-state index contributed by atoms with van der Waals surface area (Å²) in [6, 6.07) is 5.14. The molecule has 1 amide bonds. The second-order valence-electron chi connectivity index (χ2n) is 9.53. The van der Waals surface area contributed by atoms with Gasteiger partial charge in [-0.15, -0.1) is 11.3 Å². The summed E-state index contributed by atoms with van der Waals surface area (Å²) in [5.41, 5.74) is 0.199. The Morgan fingerprint density at radius 3 is 3.00 bits per heavy atom. The number of likely N-dealkylation sites (tertiary alicyclic amines) is 1. The summed E-state index contributed by atoms with van der Waals surface area (Å²) in [5.74, 6) is 0.418. The van der Waals surface area contributed by atoms with Crippen LogP contribution in [0, 0.1) is 0 Å². The van der Waals surface area contributed by atoms with E-state index in [1.165, 1.54) is 0 Å². The van der Waals surface area contributed by atoms with E-state index in [0.717, 1.165) is 27.0 Å². The highest BCUT2D eigenvalue weighted by atomic mass is 79.9. The Labute approximate surface area is 204 Å². The number of aliphatic hydroxyl groups is 1. The number of halogens is 1. The van der Waals surface area contributed by atoms with Crippen molar-refractivity contribution < 1.29 is 19.7 Å². The number of rotatable bonds is 3. The Kier molecular flexibility index (Phi) is 4.66. The molecule has 33 heavy (non-hydrogen) atoms. The second kappa shape index (κ2) is 7.18. The van der Waals surface area contributed by atoms with Crippen molar-refractivity contribution in [2.75, 3.05) is 20.6 Å². The van der Waals surface area contributed by atoms with E-state index < -0.39 is 17.1 Å². The summed E-state index contributed by atoms with van der Waals surface area (Å²) in [5, 5.41) is 24.8. The molecule has 0 saturated carbocycles. The van der Waals surface area contributed by atoms with Crippen molar-refractivity contribution in [2.24, 2.45) is 0 Å². The SMILES string of the molecule is CN(C(=O)/C=C/c1cc(Br)cs1)C1C=C[C@@]2(O)[C@H]3Cc4ccc(O)c5c4[C@@]2(CCN3C)C1O5. The Morgan fingerprint density at radius 2 is 2.24 bits per heavy atom. The molecule has 1 saturated heterocycles. The second-order valence-corrected chi connectivity index (χ2v) is 11.4.